The number of fused-ring (bicyclic) bond motifs is 4. The van der Waals surface area contributed by atoms with Gasteiger partial charge in [-0.15, -0.1) is 0 Å². The molecule has 4 aromatic rings. The van der Waals surface area contributed by atoms with Crippen molar-refractivity contribution in [2.45, 2.75) is 0 Å². The highest BCUT2D eigenvalue weighted by atomic mass is 16.5. The Kier molecular flexibility index (Phi) is 5.83. The number of hydrogen-bond donors (Lipinski definition) is 0. The number of benzene rings is 4. The van der Waals surface area contributed by atoms with Gasteiger partial charge < -0.3 is 18.9 Å². The van der Waals surface area contributed by atoms with Crippen LogP contribution < -0.4 is 18.9 Å². The molecule has 6 heteroatoms. The van der Waals surface area contributed by atoms with E-state index >= 15 is 0 Å². The zero-order chi connectivity index (χ0) is 21.6. The van der Waals surface area contributed by atoms with E-state index in [0.717, 1.165) is 22.3 Å². The normalized spacial score (nSPS) is 14.0. The molecule has 5 rings (SSSR count). The fourth-order valence-electron chi connectivity index (χ4n) is 3.51. The van der Waals surface area contributed by atoms with Gasteiger partial charge in [-0.1, -0.05) is 36.4 Å². The Morgan fingerprint density at radius 1 is 0.469 bits per heavy atom. The van der Waals surface area contributed by atoms with Gasteiger partial charge in [0.05, 0.1) is 11.4 Å². The molecule has 8 bridgehead atoms. The van der Waals surface area contributed by atoms with Gasteiger partial charge in [0.15, 0.2) is 0 Å². The fraction of sp³-hybridized carbons (Fsp3) is 0.154. The lowest BCUT2D eigenvalue weighted by atomic mass is 10.1. The van der Waals surface area contributed by atoms with E-state index < -0.39 is 0 Å². The Labute approximate surface area is 186 Å². The van der Waals surface area contributed by atoms with Gasteiger partial charge >= 0.3 is 0 Å². The van der Waals surface area contributed by atoms with Crippen LogP contribution in [0.3, 0.4) is 0 Å². The first-order valence-electron chi connectivity index (χ1n) is 10.5. The van der Waals surface area contributed by atoms with Gasteiger partial charge in [-0.25, -0.2) is 0 Å². The predicted octanol–water partition coefficient (Wildman–Crippen LogP) is 6.48. The van der Waals surface area contributed by atoms with Crippen molar-refractivity contribution in [3.8, 4) is 23.0 Å². The number of rotatable bonds is 0. The molecule has 0 atom stereocenters. The van der Waals surface area contributed by atoms with Crippen LogP contribution in [-0.4, -0.2) is 26.4 Å². The maximum atomic E-state index is 6.01. The van der Waals surface area contributed by atoms with Crippen LogP contribution in [0, 0.1) is 0 Å². The SMILES string of the molecule is c1cc2cc(c1)OCCOc1cccc3c(cccc13)OCCOc1cccc(c1)N=N2. The second-order valence-corrected chi connectivity index (χ2v) is 7.20. The highest BCUT2D eigenvalue weighted by molar-refractivity contribution is 5.93. The Morgan fingerprint density at radius 3 is 1.41 bits per heavy atom. The van der Waals surface area contributed by atoms with Crippen LogP contribution in [-0.2, 0) is 0 Å². The molecule has 0 aromatic heterocycles. The van der Waals surface area contributed by atoms with E-state index in [9.17, 15) is 0 Å². The molecular weight excluding hydrogens is 404 g/mol. The Morgan fingerprint density at radius 2 is 0.906 bits per heavy atom. The van der Waals surface area contributed by atoms with E-state index in [1.54, 1.807) is 0 Å². The molecule has 6 nitrogen and oxygen atoms in total. The van der Waals surface area contributed by atoms with Crippen molar-refractivity contribution in [2.24, 2.45) is 10.2 Å². The lowest BCUT2D eigenvalue weighted by Crippen LogP contribution is -2.10. The summed E-state index contributed by atoms with van der Waals surface area (Å²) in [7, 11) is 0. The molecule has 0 aliphatic carbocycles. The number of azo groups is 1. The maximum absolute atomic E-state index is 6.01. The predicted molar refractivity (Wildman–Crippen MR) is 123 cm³/mol. The van der Waals surface area contributed by atoms with Crippen LogP contribution in [0.4, 0.5) is 11.4 Å². The summed E-state index contributed by atoms with van der Waals surface area (Å²) in [5.74, 6) is 3.01. The van der Waals surface area contributed by atoms with Gasteiger partial charge in [-0.3, -0.25) is 0 Å². The molecule has 4 aromatic carbocycles. The minimum Gasteiger partial charge on any atom is -0.490 e. The first-order valence-corrected chi connectivity index (χ1v) is 10.5. The smallest absolute Gasteiger partial charge is 0.127 e. The topological polar surface area (TPSA) is 61.6 Å². The molecule has 0 fully saturated rings. The summed E-state index contributed by atoms with van der Waals surface area (Å²) in [6.45, 7) is 1.65. The first kappa shape index (κ1) is 19.9. The van der Waals surface area contributed by atoms with Crippen LogP contribution in [0.15, 0.2) is 95.2 Å². The van der Waals surface area contributed by atoms with E-state index in [0.29, 0.717) is 49.3 Å². The third-order valence-electron chi connectivity index (χ3n) is 4.98. The van der Waals surface area contributed by atoms with Gasteiger partial charge in [0.1, 0.15) is 49.4 Å². The second kappa shape index (κ2) is 9.39. The van der Waals surface area contributed by atoms with Gasteiger partial charge in [0.25, 0.3) is 0 Å². The molecule has 0 unspecified atom stereocenters. The van der Waals surface area contributed by atoms with Gasteiger partial charge in [-0.2, -0.15) is 10.2 Å². The zero-order valence-corrected chi connectivity index (χ0v) is 17.4. The van der Waals surface area contributed by atoms with E-state index in [1.165, 1.54) is 0 Å². The lowest BCUT2D eigenvalue weighted by Gasteiger charge is -2.14. The van der Waals surface area contributed by atoms with Crippen LogP contribution in [0.25, 0.3) is 10.8 Å². The minimum absolute atomic E-state index is 0.409. The molecular formula is C26H22N2O4. The molecule has 0 saturated carbocycles. The van der Waals surface area contributed by atoms with Crippen molar-refractivity contribution < 1.29 is 18.9 Å². The van der Waals surface area contributed by atoms with Crippen LogP contribution in [0.5, 0.6) is 23.0 Å². The standard InChI is InChI=1S/C26H22N2O4/c1-5-19-17-21(7-1)29-13-15-31-25-11-3-10-24-23(25)9-4-12-26(24)32-16-14-30-22-8-2-6-20(18-22)28-27-19/h1-12,17-18H,13-16H2. The molecule has 1 aliphatic heterocycles. The van der Waals surface area contributed by atoms with Crippen molar-refractivity contribution in [1.82, 2.24) is 0 Å². The van der Waals surface area contributed by atoms with Gasteiger partial charge in [0, 0.05) is 22.9 Å². The van der Waals surface area contributed by atoms with Crippen molar-refractivity contribution in [3.63, 3.8) is 0 Å². The Balaban J connectivity index is 1.44. The largest absolute Gasteiger partial charge is 0.490 e. The monoisotopic (exact) mass is 426 g/mol. The van der Waals surface area contributed by atoms with Crippen LogP contribution >= 0.6 is 0 Å². The van der Waals surface area contributed by atoms with E-state index in [-0.39, 0.29) is 0 Å². The lowest BCUT2D eigenvalue weighted by molar-refractivity contribution is 0.217. The summed E-state index contributed by atoms with van der Waals surface area (Å²) >= 11 is 0. The van der Waals surface area contributed by atoms with Crippen molar-refractivity contribution >= 4 is 22.1 Å². The van der Waals surface area contributed by atoms with Crippen molar-refractivity contribution in [3.05, 3.63) is 84.9 Å². The molecule has 0 amide bonds. The highest BCUT2D eigenvalue weighted by Gasteiger charge is 2.08. The Hall–Kier alpha value is -4.06. The highest BCUT2D eigenvalue weighted by Crippen LogP contribution is 2.32. The average Bonchev–Trinajstić information content (AvgIpc) is 2.83. The number of ether oxygens (including phenoxy) is 4. The average molecular weight is 426 g/mol. The van der Waals surface area contributed by atoms with Crippen LogP contribution in [0.1, 0.15) is 0 Å². The first-order chi connectivity index (χ1) is 15.8. The van der Waals surface area contributed by atoms with E-state index in [2.05, 4.69) is 10.2 Å². The summed E-state index contributed by atoms with van der Waals surface area (Å²) in [6, 6.07) is 26.9. The minimum atomic E-state index is 0.409. The maximum Gasteiger partial charge on any atom is 0.127 e. The molecule has 0 radical (unpaired) electrons. The third kappa shape index (κ3) is 4.64. The third-order valence-corrected chi connectivity index (χ3v) is 4.98. The van der Waals surface area contributed by atoms with E-state index in [1.807, 2.05) is 84.9 Å². The van der Waals surface area contributed by atoms with Crippen molar-refractivity contribution in [1.29, 1.82) is 0 Å². The fourth-order valence-corrected chi connectivity index (χ4v) is 3.51. The summed E-state index contributed by atoms with van der Waals surface area (Å²) < 4.78 is 23.7. The second-order valence-electron chi connectivity index (χ2n) is 7.20. The van der Waals surface area contributed by atoms with E-state index in [4.69, 9.17) is 18.9 Å². The summed E-state index contributed by atoms with van der Waals surface area (Å²) in [4.78, 5) is 0. The molecule has 0 N–H and O–H groups in total. The zero-order valence-electron chi connectivity index (χ0n) is 17.4. The molecule has 0 spiro atoms. The molecule has 32 heavy (non-hydrogen) atoms. The molecule has 1 aliphatic rings. The molecule has 0 saturated heterocycles. The van der Waals surface area contributed by atoms with Gasteiger partial charge in [0.2, 0.25) is 0 Å². The van der Waals surface area contributed by atoms with Gasteiger partial charge in [-0.05, 0) is 36.4 Å². The molecule has 1 heterocycles. The molecule has 160 valence electrons. The summed E-state index contributed by atoms with van der Waals surface area (Å²) in [6.07, 6.45) is 0. The summed E-state index contributed by atoms with van der Waals surface area (Å²) in [5, 5.41) is 10.6. The van der Waals surface area contributed by atoms with Crippen molar-refractivity contribution in [2.75, 3.05) is 26.4 Å². The quantitative estimate of drug-likeness (QED) is 0.323. The summed E-state index contributed by atoms with van der Waals surface area (Å²) in [5.41, 5.74) is 1.42. The number of hydrogen-bond acceptors (Lipinski definition) is 6. The Bertz CT molecular complexity index is 1160. The number of nitrogens with zero attached hydrogens (tertiary/aromatic N) is 2. The van der Waals surface area contributed by atoms with Crippen LogP contribution in [0.2, 0.25) is 0 Å².